The molecule has 0 radical (unpaired) electrons. The molecule has 9 heteroatoms. The second-order valence-electron chi connectivity index (χ2n) is 12.4. The Morgan fingerprint density at radius 3 is 2.03 bits per heavy atom. The molecule has 4 aliphatic rings. The van der Waals surface area contributed by atoms with Crippen molar-refractivity contribution in [2.75, 3.05) is 0 Å². The summed E-state index contributed by atoms with van der Waals surface area (Å²) in [5, 5.41) is 0. The summed E-state index contributed by atoms with van der Waals surface area (Å²) < 4.78 is 23.2. The number of ketones is 1. The summed E-state index contributed by atoms with van der Waals surface area (Å²) in [5.41, 5.74) is -3.65. The molecule has 37 heavy (non-hydrogen) atoms. The molecule has 0 bridgehead atoms. The number of hydrogen-bond acceptors (Lipinski definition) is 9. The molecule has 0 aromatic heterocycles. The molecule has 0 N–H and O–H groups in total. The molecule has 2 aliphatic carbocycles. The van der Waals surface area contributed by atoms with Gasteiger partial charge in [0.2, 0.25) is 0 Å². The lowest BCUT2D eigenvalue weighted by Gasteiger charge is -2.68. The number of allylic oxidation sites excluding steroid dienone is 1. The van der Waals surface area contributed by atoms with Gasteiger partial charge in [0.15, 0.2) is 11.9 Å². The highest BCUT2D eigenvalue weighted by Gasteiger charge is 2.75. The first kappa shape index (κ1) is 27.3. The van der Waals surface area contributed by atoms with E-state index in [1.54, 1.807) is 27.7 Å². The van der Waals surface area contributed by atoms with Crippen molar-refractivity contribution >= 4 is 29.7 Å². The van der Waals surface area contributed by atoms with Crippen molar-refractivity contribution in [2.45, 2.75) is 98.6 Å². The first-order valence-corrected chi connectivity index (χ1v) is 12.9. The Labute approximate surface area is 217 Å². The normalized spacial score (nSPS) is 44.8. The van der Waals surface area contributed by atoms with Crippen LogP contribution in [0.25, 0.3) is 0 Å². The van der Waals surface area contributed by atoms with Crippen LogP contribution in [0.3, 0.4) is 0 Å². The molecule has 2 saturated heterocycles. The van der Waals surface area contributed by atoms with Crippen LogP contribution in [0.1, 0.15) is 74.7 Å². The predicted molar refractivity (Wildman–Crippen MR) is 130 cm³/mol. The highest BCUT2D eigenvalue weighted by molar-refractivity contribution is 6.00. The van der Waals surface area contributed by atoms with Crippen molar-refractivity contribution in [1.29, 1.82) is 0 Å². The van der Waals surface area contributed by atoms with E-state index in [1.807, 2.05) is 13.8 Å². The third-order valence-corrected chi connectivity index (χ3v) is 10.1. The SMILES string of the molecule is C=C1C[C@H]2[C@](C)([C@@H](OC(C)=O)C[C@H]3C(C)(C)OC(=O)C[C@@H](OC(C)=O)[C@@]23C)[C@@H]2C(=O)O[C@@H](C)C(=O)[C@@]12C. The minimum atomic E-state index is -1.23. The zero-order valence-corrected chi connectivity index (χ0v) is 23.0. The molecule has 2 aliphatic heterocycles. The molecule has 4 fully saturated rings. The average Bonchev–Trinajstić information content (AvgIpc) is 2.80. The Hall–Kier alpha value is -2.71. The number of fused-ring (bicyclic) bond motifs is 5. The van der Waals surface area contributed by atoms with Gasteiger partial charge in [-0.15, -0.1) is 0 Å². The summed E-state index contributed by atoms with van der Waals surface area (Å²) in [6.45, 7) is 17.6. The maximum absolute atomic E-state index is 13.7. The standard InChI is InChI=1S/C28H38O9/c1-13-10-18-27(8)17(25(5,6)37-21(31)12-20(27)36-16(4)30)11-19(35-15(3)29)28(18,9)22-24(33)34-14(2)23(32)26(13,22)7/h14,17-20,22H,1,10-12H2,2-9H3/t14-,17-,18+,19-,20+,22+,26-,27+,28+/m0/s1. The minimum Gasteiger partial charge on any atom is -0.462 e. The van der Waals surface area contributed by atoms with Crippen LogP contribution in [-0.2, 0) is 42.9 Å². The Morgan fingerprint density at radius 2 is 1.46 bits per heavy atom. The smallest absolute Gasteiger partial charge is 0.311 e. The van der Waals surface area contributed by atoms with Gasteiger partial charge in [0.05, 0.1) is 17.8 Å². The van der Waals surface area contributed by atoms with Gasteiger partial charge in [-0.3, -0.25) is 24.0 Å². The summed E-state index contributed by atoms with van der Waals surface area (Å²) >= 11 is 0. The second-order valence-corrected chi connectivity index (χ2v) is 12.4. The highest BCUT2D eigenvalue weighted by atomic mass is 16.6. The van der Waals surface area contributed by atoms with E-state index in [0.29, 0.717) is 12.0 Å². The Balaban J connectivity index is 2.01. The first-order valence-electron chi connectivity index (χ1n) is 12.9. The van der Waals surface area contributed by atoms with E-state index < -0.39 is 81.8 Å². The van der Waals surface area contributed by atoms with E-state index in [-0.39, 0.29) is 18.6 Å². The molecule has 0 spiro atoms. The van der Waals surface area contributed by atoms with E-state index in [2.05, 4.69) is 6.58 Å². The van der Waals surface area contributed by atoms with Crippen LogP contribution in [-0.4, -0.2) is 53.6 Å². The monoisotopic (exact) mass is 518 g/mol. The molecular formula is C28H38O9. The molecule has 0 aromatic carbocycles. The molecular weight excluding hydrogens is 480 g/mol. The number of carbonyl (C=O) groups is 5. The molecule has 9 atom stereocenters. The zero-order valence-electron chi connectivity index (χ0n) is 23.0. The average molecular weight is 519 g/mol. The van der Waals surface area contributed by atoms with E-state index >= 15 is 0 Å². The third-order valence-electron chi connectivity index (χ3n) is 10.1. The number of rotatable bonds is 2. The second kappa shape index (κ2) is 8.40. The molecule has 9 nitrogen and oxygen atoms in total. The Bertz CT molecular complexity index is 1090. The zero-order chi connectivity index (χ0) is 27.9. The van der Waals surface area contributed by atoms with E-state index in [1.165, 1.54) is 13.8 Å². The number of cyclic esters (lactones) is 2. The Morgan fingerprint density at radius 1 is 0.892 bits per heavy atom. The fraction of sp³-hybridized carbons (Fsp3) is 0.750. The Kier molecular flexibility index (Phi) is 6.20. The van der Waals surface area contributed by atoms with Gasteiger partial charge < -0.3 is 18.9 Å². The van der Waals surface area contributed by atoms with Crippen LogP contribution in [0.2, 0.25) is 0 Å². The van der Waals surface area contributed by atoms with Crippen LogP contribution in [0, 0.1) is 34.0 Å². The highest BCUT2D eigenvalue weighted by Crippen LogP contribution is 2.71. The maximum Gasteiger partial charge on any atom is 0.311 e. The summed E-state index contributed by atoms with van der Waals surface area (Å²) in [6.07, 6.45) is -2.21. The van der Waals surface area contributed by atoms with Gasteiger partial charge in [-0.2, -0.15) is 0 Å². The number of ether oxygens (including phenoxy) is 4. The van der Waals surface area contributed by atoms with Crippen molar-refractivity contribution in [2.24, 2.45) is 34.0 Å². The lowest BCUT2D eigenvalue weighted by molar-refractivity contribution is -0.257. The topological polar surface area (TPSA) is 122 Å². The van der Waals surface area contributed by atoms with Crippen LogP contribution in [0.4, 0.5) is 0 Å². The van der Waals surface area contributed by atoms with Gasteiger partial charge >= 0.3 is 23.9 Å². The van der Waals surface area contributed by atoms with Crippen molar-refractivity contribution < 1.29 is 42.9 Å². The van der Waals surface area contributed by atoms with Crippen molar-refractivity contribution in [3.05, 3.63) is 12.2 Å². The first-order chi connectivity index (χ1) is 16.9. The molecule has 204 valence electrons. The van der Waals surface area contributed by atoms with Crippen LogP contribution < -0.4 is 0 Å². The van der Waals surface area contributed by atoms with Crippen molar-refractivity contribution in [3.63, 3.8) is 0 Å². The minimum absolute atomic E-state index is 0.157. The lowest BCUT2D eigenvalue weighted by atomic mass is 9.36. The number of hydrogen-bond donors (Lipinski definition) is 0. The fourth-order valence-electron chi connectivity index (χ4n) is 8.50. The van der Waals surface area contributed by atoms with Crippen LogP contribution in [0.5, 0.6) is 0 Å². The van der Waals surface area contributed by atoms with Gasteiger partial charge in [-0.05, 0) is 46.5 Å². The molecule has 4 rings (SSSR count). The summed E-state index contributed by atoms with van der Waals surface area (Å²) in [7, 11) is 0. The van der Waals surface area contributed by atoms with Gasteiger partial charge in [-0.25, -0.2) is 0 Å². The van der Waals surface area contributed by atoms with Gasteiger partial charge in [-0.1, -0.05) is 26.0 Å². The molecule has 2 saturated carbocycles. The number of Topliss-reactive ketones (excluding diaryl/α,β-unsaturated/α-hetero) is 1. The molecule has 2 heterocycles. The van der Waals surface area contributed by atoms with Crippen molar-refractivity contribution in [3.8, 4) is 0 Å². The van der Waals surface area contributed by atoms with E-state index in [4.69, 9.17) is 18.9 Å². The largest absolute Gasteiger partial charge is 0.462 e. The van der Waals surface area contributed by atoms with Gasteiger partial charge in [0.25, 0.3) is 0 Å². The quantitative estimate of drug-likeness (QED) is 0.308. The fourth-order valence-corrected chi connectivity index (χ4v) is 8.50. The van der Waals surface area contributed by atoms with Gasteiger partial charge in [0, 0.05) is 30.6 Å². The summed E-state index contributed by atoms with van der Waals surface area (Å²) in [5.74, 6) is -4.23. The summed E-state index contributed by atoms with van der Waals surface area (Å²) in [4.78, 5) is 64.8. The van der Waals surface area contributed by atoms with Crippen molar-refractivity contribution in [1.82, 2.24) is 0 Å². The molecule has 0 aromatic rings. The van der Waals surface area contributed by atoms with E-state index in [9.17, 15) is 24.0 Å². The molecule has 0 unspecified atom stereocenters. The van der Waals surface area contributed by atoms with E-state index in [0.717, 1.165) is 0 Å². The number of esters is 4. The van der Waals surface area contributed by atoms with Crippen LogP contribution >= 0.6 is 0 Å². The lowest BCUT2D eigenvalue weighted by Crippen LogP contribution is -2.72. The summed E-state index contributed by atoms with van der Waals surface area (Å²) in [6, 6.07) is 0. The number of carbonyl (C=O) groups excluding carboxylic acids is 5. The molecule has 0 amide bonds. The maximum atomic E-state index is 13.7. The third kappa shape index (κ3) is 3.67. The van der Waals surface area contributed by atoms with Crippen LogP contribution in [0.15, 0.2) is 12.2 Å². The predicted octanol–water partition coefficient (Wildman–Crippen LogP) is 3.32. The van der Waals surface area contributed by atoms with Gasteiger partial charge in [0.1, 0.15) is 17.8 Å².